The Kier molecular flexibility index (Phi) is 7.02. The molecule has 0 radical (unpaired) electrons. The van der Waals surface area contributed by atoms with Gasteiger partial charge < -0.3 is 10.1 Å². The molecule has 32 heavy (non-hydrogen) atoms. The molecule has 1 aliphatic rings. The van der Waals surface area contributed by atoms with E-state index in [1.54, 1.807) is 29.8 Å². The average Bonchev–Trinajstić information content (AvgIpc) is 3.21. The lowest BCUT2D eigenvalue weighted by molar-refractivity contribution is -0.115. The van der Waals surface area contributed by atoms with Crippen LogP contribution in [0, 0.1) is 0 Å². The van der Waals surface area contributed by atoms with Gasteiger partial charge in [-0.3, -0.25) is 14.5 Å². The molecule has 0 aliphatic carbocycles. The van der Waals surface area contributed by atoms with E-state index in [0.29, 0.717) is 28.6 Å². The van der Waals surface area contributed by atoms with Crippen LogP contribution in [0.2, 0.25) is 5.02 Å². The molecule has 1 aliphatic heterocycles. The number of nitrogens with one attached hydrogen (secondary N) is 1. The summed E-state index contributed by atoms with van der Waals surface area (Å²) in [5.74, 6) is 0.894. The molecule has 1 saturated heterocycles. The lowest BCUT2D eigenvalue weighted by Crippen LogP contribution is -2.29. The number of carbonyl (C=O) groups excluding carboxylic acids is 2. The van der Waals surface area contributed by atoms with Crippen LogP contribution in [0.15, 0.2) is 72.8 Å². The van der Waals surface area contributed by atoms with Crippen molar-refractivity contribution in [3.05, 3.63) is 94.5 Å². The summed E-state index contributed by atoms with van der Waals surface area (Å²) in [5, 5.41) is 3.44. The van der Waals surface area contributed by atoms with Crippen molar-refractivity contribution in [2.24, 2.45) is 0 Å². The summed E-state index contributed by atoms with van der Waals surface area (Å²) in [4.78, 5) is 27.2. The zero-order valence-corrected chi connectivity index (χ0v) is 19.2. The standard InChI is InChI=1S/C25H23ClN2O3S/c1-31-22-8-3-2-7-21(22)28-23(29)16-32-25(28)19-6-4-5-18(15-19)24(30)27-14-13-17-9-11-20(26)12-10-17/h2-12,15,25H,13-14,16H2,1H3,(H,27,30). The first kappa shape index (κ1) is 22.2. The predicted molar refractivity (Wildman–Crippen MR) is 130 cm³/mol. The van der Waals surface area contributed by atoms with Gasteiger partial charge in [-0.2, -0.15) is 0 Å². The normalized spacial score (nSPS) is 15.6. The Balaban J connectivity index is 1.48. The van der Waals surface area contributed by atoms with Crippen molar-refractivity contribution in [2.75, 3.05) is 24.3 Å². The number of hydrogen-bond donors (Lipinski definition) is 1. The maximum Gasteiger partial charge on any atom is 0.251 e. The van der Waals surface area contributed by atoms with Gasteiger partial charge in [0.25, 0.3) is 5.91 Å². The molecule has 5 nitrogen and oxygen atoms in total. The number of methoxy groups -OCH3 is 1. The highest BCUT2D eigenvalue weighted by molar-refractivity contribution is 8.00. The van der Waals surface area contributed by atoms with Crippen molar-refractivity contribution in [2.45, 2.75) is 11.8 Å². The molecule has 0 saturated carbocycles. The van der Waals surface area contributed by atoms with Crippen molar-refractivity contribution in [3.63, 3.8) is 0 Å². The Morgan fingerprint density at radius 1 is 1.12 bits per heavy atom. The molecule has 0 bridgehead atoms. The van der Waals surface area contributed by atoms with Gasteiger partial charge in [-0.25, -0.2) is 0 Å². The third kappa shape index (κ3) is 4.92. The van der Waals surface area contributed by atoms with Crippen LogP contribution in [0.5, 0.6) is 5.75 Å². The van der Waals surface area contributed by atoms with E-state index in [2.05, 4.69) is 5.32 Å². The number of ether oxygens (including phenoxy) is 1. The molecule has 4 rings (SSSR count). The van der Waals surface area contributed by atoms with E-state index >= 15 is 0 Å². The summed E-state index contributed by atoms with van der Waals surface area (Å²) in [7, 11) is 1.59. The molecular weight excluding hydrogens is 444 g/mol. The average molecular weight is 467 g/mol. The fourth-order valence-electron chi connectivity index (χ4n) is 3.67. The van der Waals surface area contributed by atoms with Gasteiger partial charge in [0, 0.05) is 17.1 Å². The van der Waals surface area contributed by atoms with Gasteiger partial charge >= 0.3 is 0 Å². The van der Waals surface area contributed by atoms with E-state index in [-0.39, 0.29) is 17.2 Å². The third-order valence-electron chi connectivity index (χ3n) is 5.26. The molecule has 1 atom stereocenters. The number of anilines is 1. The second-order valence-corrected chi connectivity index (χ2v) is 8.86. The van der Waals surface area contributed by atoms with Crippen molar-refractivity contribution < 1.29 is 14.3 Å². The first-order valence-electron chi connectivity index (χ1n) is 10.3. The second kappa shape index (κ2) is 10.1. The molecule has 164 valence electrons. The fourth-order valence-corrected chi connectivity index (χ4v) is 4.95. The largest absolute Gasteiger partial charge is 0.495 e. The SMILES string of the molecule is COc1ccccc1N1C(=O)CSC1c1cccc(C(=O)NCCc2ccc(Cl)cc2)c1. The van der Waals surface area contributed by atoms with Crippen molar-refractivity contribution >= 4 is 40.9 Å². The number of nitrogens with zero attached hydrogens (tertiary/aromatic N) is 1. The molecule has 1 unspecified atom stereocenters. The topological polar surface area (TPSA) is 58.6 Å². The van der Waals surface area contributed by atoms with Crippen molar-refractivity contribution in [1.82, 2.24) is 5.32 Å². The maximum absolute atomic E-state index is 12.7. The minimum Gasteiger partial charge on any atom is -0.495 e. The Morgan fingerprint density at radius 2 is 1.91 bits per heavy atom. The molecule has 3 aromatic carbocycles. The van der Waals surface area contributed by atoms with Gasteiger partial charge in [0.2, 0.25) is 5.91 Å². The van der Waals surface area contributed by atoms with E-state index in [4.69, 9.17) is 16.3 Å². The molecule has 3 aromatic rings. The smallest absolute Gasteiger partial charge is 0.251 e. The van der Waals surface area contributed by atoms with Crippen molar-refractivity contribution in [1.29, 1.82) is 0 Å². The van der Waals surface area contributed by atoms with E-state index in [1.165, 1.54) is 0 Å². The lowest BCUT2D eigenvalue weighted by atomic mass is 10.1. The molecule has 1 N–H and O–H groups in total. The highest BCUT2D eigenvalue weighted by atomic mass is 35.5. The van der Waals surface area contributed by atoms with Gasteiger partial charge in [0.05, 0.1) is 18.6 Å². The number of rotatable bonds is 7. The fraction of sp³-hybridized carbons (Fsp3) is 0.200. The molecule has 7 heteroatoms. The summed E-state index contributed by atoms with van der Waals surface area (Å²) in [5.41, 5.74) is 3.31. The summed E-state index contributed by atoms with van der Waals surface area (Å²) >= 11 is 7.46. The van der Waals surface area contributed by atoms with Gasteiger partial charge in [-0.1, -0.05) is 48.0 Å². The molecule has 1 fully saturated rings. The highest BCUT2D eigenvalue weighted by Crippen LogP contribution is 2.44. The van der Waals surface area contributed by atoms with E-state index in [0.717, 1.165) is 23.2 Å². The molecule has 0 spiro atoms. The summed E-state index contributed by atoms with van der Waals surface area (Å²) in [6.45, 7) is 0.523. The monoisotopic (exact) mass is 466 g/mol. The molecular formula is C25H23ClN2O3S. The van der Waals surface area contributed by atoms with Crippen LogP contribution in [0.4, 0.5) is 5.69 Å². The minimum atomic E-state index is -0.222. The predicted octanol–water partition coefficient (Wildman–Crippen LogP) is 5.10. The van der Waals surface area contributed by atoms with Crippen LogP contribution in [-0.4, -0.2) is 31.2 Å². The van der Waals surface area contributed by atoms with Crippen LogP contribution < -0.4 is 15.0 Å². The lowest BCUT2D eigenvalue weighted by Gasteiger charge is -2.26. The molecule has 1 heterocycles. The Bertz CT molecular complexity index is 1120. The number of halogens is 1. The first-order chi connectivity index (χ1) is 15.6. The summed E-state index contributed by atoms with van der Waals surface area (Å²) < 4.78 is 5.46. The number of hydrogen-bond acceptors (Lipinski definition) is 4. The zero-order chi connectivity index (χ0) is 22.5. The van der Waals surface area contributed by atoms with Gasteiger partial charge in [-0.05, 0) is 53.9 Å². The van der Waals surface area contributed by atoms with Crippen LogP contribution in [-0.2, 0) is 11.2 Å². The molecule has 0 aromatic heterocycles. The van der Waals surface area contributed by atoms with Crippen LogP contribution >= 0.6 is 23.4 Å². The second-order valence-electron chi connectivity index (χ2n) is 7.36. The third-order valence-corrected chi connectivity index (χ3v) is 6.72. The zero-order valence-electron chi connectivity index (χ0n) is 17.6. The maximum atomic E-state index is 12.7. The van der Waals surface area contributed by atoms with E-state index in [9.17, 15) is 9.59 Å². The number of benzene rings is 3. The van der Waals surface area contributed by atoms with E-state index in [1.807, 2.05) is 66.7 Å². The quantitative estimate of drug-likeness (QED) is 0.526. The Labute approximate surface area is 196 Å². The number of para-hydroxylation sites is 2. The van der Waals surface area contributed by atoms with Gasteiger partial charge in [-0.15, -0.1) is 11.8 Å². The summed E-state index contributed by atoms with van der Waals surface area (Å²) in [6, 6.07) is 22.5. The number of carbonyl (C=O) groups is 2. The Morgan fingerprint density at radius 3 is 2.69 bits per heavy atom. The minimum absolute atomic E-state index is 0.0160. The van der Waals surface area contributed by atoms with Crippen LogP contribution in [0.1, 0.15) is 26.9 Å². The van der Waals surface area contributed by atoms with Crippen molar-refractivity contribution in [3.8, 4) is 5.75 Å². The highest BCUT2D eigenvalue weighted by Gasteiger charge is 2.35. The van der Waals surface area contributed by atoms with Gasteiger partial charge in [0.1, 0.15) is 11.1 Å². The van der Waals surface area contributed by atoms with Gasteiger partial charge in [0.15, 0.2) is 0 Å². The van der Waals surface area contributed by atoms with E-state index < -0.39 is 0 Å². The van der Waals surface area contributed by atoms with Crippen LogP contribution in [0.3, 0.4) is 0 Å². The Hall–Kier alpha value is -2.96. The molecule has 2 amide bonds. The summed E-state index contributed by atoms with van der Waals surface area (Å²) in [6.07, 6.45) is 0.719. The van der Waals surface area contributed by atoms with Crippen LogP contribution in [0.25, 0.3) is 0 Å². The first-order valence-corrected chi connectivity index (χ1v) is 11.7. The number of thioether (sulfide) groups is 1. The number of amides is 2.